The second-order valence-electron chi connectivity index (χ2n) is 4.88. The Balaban J connectivity index is 2.21. The topological polar surface area (TPSA) is 58.7 Å². The number of carbonyl (C=O) groups is 1. The van der Waals surface area contributed by atoms with Gasteiger partial charge in [-0.05, 0) is 19.1 Å². The molecule has 0 saturated carbocycles. The molecule has 0 bridgehead atoms. The average molecular weight is 287 g/mol. The van der Waals surface area contributed by atoms with Gasteiger partial charge < -0.3 is 0 Å². The van der Waals surface area contributed by atoms with Crippen molar-refractivity contribution in [3.63, 3.8) is 0 Å². The first kappa shape index (κ1) is 13.8. The smallest absolute Gasteiger partial charge is 0.211 e. The molecular formula is C18H13N3O. The van der Waals surface area contributed by atoms with E-state index in [4.69, 9.17) is 0 Å². The van der Waals surface area contributed by atoms with Gasteiger partial charge in [0, 0.05) is 11.1 Å². The molecule has 22 heavy (non-hydrogen) atoms. The molecule has 0 atom stereocenters. The highest BCUT2D eigenvalue weighted by Gasteiger charge is 2.22. The molecule has 0 spiro atoms. The third-order valence-corrected chi connectivity index (χ3v) is 3.48. The molecule has 0 aliphatic rings. The Labute approximate surface area is 128 Å². The van der Waals surface area contributed by atoms with E-state index in [1.165, 1.54) is 0 Å². The quantitative estimate of drug-likeness (QED) is 0.694. The molecule has 0 saturated heterocycles. The number of nitrogens with zero attached hydrogens (tertiary/aromatic N) is 3. The molecule has 2 aromatic carbocycles. The van der Waals surface area contributed by atoms with Crippen LogP contribution in [0.15, 0.2) is 60.7 Å². The lowest BCUT2D eigenvalue weighted by atomic mass is 10.0. The van der Waals surface area contributed by atoms with Crippen molar-refractivity contribution in [1.29, 1.82) is 5.26 Å². The third kappa shape index (κ3) is 2.29. The maximum absolute atomic E-state index is 12.8. The van der Waals surface area contributed by atoms with Gasteiger partial charge in [0.2, 0.25) is 5.78 Å². The standard InChI is InChI=1S/C18H13N3O/c1-13-16(12-19)20-21(15-10-6-3-7-11-15)17(13)18(22)14-8-4-2-5-9-14/h2-11H,1H3. The van der Waals surface area contributed by atoms with Crippen molar-refractivity contribution in [2.24, 2.45) is 0 Å². The Hall–Kier alpha value is -3.19. The Morgan fingerprint density at radius 2 is 1.64 bits per heavy atom. The molecule has 3 aromatic rings. The number of aromatic nitrogens is 2. The number of benzene rings is 2. The zero-order chi connectivity index (χ0) is 15.5. The van der Waals surface area contributed by atoms with Crippen LogP contribution in [0.1, 0.15) is 27.3 Å². The summed E-state index contributed by atoms with van der Waals surface area (Å²) in [6.45, 7) is 1.75. The first-order valence-electron chi connectivity index (χ1n) is 6.87. The van der Waals surface area contributed by atoms with Crippen molar-refractivity contribution in [3.8, 4) is 11.8 Å². The highest BCUT2D eigenvalue weighted by atomic mass is 16.1. The van der Waals surface area contributed by atoms with Crippen LogP contribution in [0.25, 0.3) is 5.69 Å². The van der Waals surface area contributed by atoms with Crippen LogP contribution in [0, 0.1) is 18.3 Å². The number of rotatable bonds is 3. The number of ketones is 1. The normalized spacial score (nSPS) is 10.2. The van der Waals surface area contributed by atoms with Gasteiger partial charge in [-0.1, -0.05) is 48.5 Å². The van der Waals surface area contributed by atoms with Gasteiger partial charge in [0.1, 0.15) is 11.8 Å². The van der Waals surface area contributed by atoms with Crippen LogP contribution in [0.5, 0.6) is 0 Å². The van der Waals surface area contributed by atoms with E-state index < -0.39 is 0 Å². The first-order valence-corrected chi connectivity index (χ1v) is 6.87. The summed E-state index contributed by atoms with van der Waals surface area (Å²) in [6.07, 6.45) is 0. The maximum Gasteiger partial charge on any atom is 0.211 e. The first-order chi connectivity index (χ1) is 10.7. The summed E-state index contributed by atoms with van der Waals surface area (Å²) in [7, 11) is 0. The second kappa shape index (κ2) is 5.66. The zero-order valence-electron chi connectivity index (χ0n) is 12.0. The maximum atomic E-state index is 12.8. The van der Waals surface area contributed by atoms with Crippen LogP contribution in [0.4, 0.5) is 0 Å². The summed E-state index contributed by atoms with van der Waals surface area (Å²) < 4.78 is 1.54. The van der Waals surface area contributed by atoms with Gasteiger partial charge in [-0.2, -0.15) is 10.4 Å². The third-order valence-electron chi connectivity index (χ3n) is 3.48. The highest BCUT2D eigenvalue weighted by Crippen LogP contribution is 2.21. The Morgan fingerprint density at radius 1 is 1.05 bits per heavy atom. The lowest BCUT2D eigenvalue weighted by Crippen LogP contribution is -2.11. The van der Waals surface area contributed by atoms with E-state index in [9.17, 15) is 10.1 Å². The predicted octanol–water partition coefficient (Wildman–Crippen LogP) is 3.28. The molecule has 3 rings (SSSR count). The molecular weight excluding hydrogens is 274 g/mol. The van der Waals surface area contributed by atoms with Crippen molar-refractivity contribution in [2.45, 2.75) is 6.92 Å². The molecule has 0 aliphatic carbocycles. The number of para-hydroxylation sites is 1. The van der Waals surface area contributed by atoms with Gasteiger partial charge >= 0.3 is 0 Å². The van der Waals surface area contributed by atoms with E-state index in [0.29, 0.717) is 16.8 Å². The van der Waals surface area contributed by atoms with E-state index in [1.54, 1.807) is 23.7 Å². The highest BCUT2D eigenvalue weighted by molar-refractivity contribution is 6.09. The molecule has 0 aliphatic heterocycles. The lowest BCUT2D eigenvalue weighted by Gasteiger charge is -2.07. The minimum Gasteiger partial charge on any atom is -0.287 e. The predicted molar refractivity (Wildman–Crippen MR) is 82.9 cm³/mol. The van der Waals surface area contributed by atoms with Gasteiger partial charge in [0.05, 0.1) is 5.69 Å². The fraction of sp³-hybridized carbons (Fsp3) is 0.0556. The van der Waals surface area contributed by atoms with Gasteiger partial charge in [-0.3, -0.25) is 4.79 Å². The molecule has 106 valence electrons. The fourth-order valence-corrected chi connectivity index (χ4v) is 2.35. The average Bonchev–Trinajstić information content (AvgIpc) is 2.92. The van der Waals surface area contributed by atoms with Crippen LogP contribution < -0.4 is 0 Å². The number of hydrogen-bond donors (Lipinski definition) is 0. The number of hydrogen-bond acceptors (Lipinski definition) is 3. The summed E-state index contributed by atoms with van der Waals surface area (Å²) >= 11 is 0. The van der Waals surface area contributed by atoms with Crippen molar-refractivity contribution >= 4 is 5.78 Å². The Kier molecular flexibility index (Phi) is 3.55. The molecule has 1 heterocycles. The monoisotopic (exact) mass is 287 g/mol. The molecule has 4 nitrogen and oxygen atoms in total. The molecule has 0 radical (unpaired) electrons. The summed E-state index contributed by atoms with van der Waals surface area (Å²) in [5, 5.41) is 13.5. The summed E-state index contributed by atoms with van der Waals surface area (Å²) in [6, 6.07) is 20.4. The van der Waals surface area contributed by atoms with Crippen molar-refractivity contribution in [2.75, 3.05) is 0 Å². The Morgan fingerprint density at radius 3 is 2.23 bits per heavy atom. The Bertz CT molecular complexity index is 859. The van der Waals surface area contributed by atoms with Crippen LogP contribution >= 0.6 is 0 Å². The molecule has 1 aromatic heterocycles. The lowest BCUT2D eigenvalue weighted by molar-refractivity contribution is 0.103. The van der Waals surface area contributed by atoms with Crippen LogP contribution in [0.3, 0.4) is 0 Å². The van der Waals surface area contributed by atoms with Crippen molar-refractivity contribution in [1.82, 2.24) is 9.78 Å². The molecule has 0 unspecified atom stereocenters. The minimum absolute atomic E-state index is 0.143. The van der Waals surface area contributed by atoms with Crippen molar-refractivity contribution in [3.05, 3.63) is 83.2 Å². The summed E-state index contributed by atoms with van der Waals surface area (Å²) in [4.78, 5) is 12.8. The van der Waals surface area contributed by atoms with Crippen LogP contribution in [-0.4, -0.2) is 15.6 Å². The fourth-order valence-electron chi connectivity index (χ4n) is 2.35. The van der Waals surface area contributed by atoms with Gasteiger partial charge in [0.15, 0.2) is 5.69 Å². The molecule has 0 N–H and O–H groups in total. The van der Waals surface area contributed by atoms with Crippen LogP contribution in [-0.2, 0) is 0 Å². The van der Waals surface area contributed by atoms with E-state index in [-0.39, 0.29) is 11.5 Å². The second-order valence-corrected chi connectivity index (χ2v) is 4.88. The van der Waals surface area contributed by atoms with Crippen molar-refractivity contribution < 1.29 is 4.79 Å². The van der Waals surface area contributed by atoms with Crippen LogP contribution in [0.2, 0.25) is 0 Å². The largest absolute Gasteiger partial charge is 0.287 e. The summed E-state index contributed by atoms with van der Waals surface area (Å²) in [5.74, 6) is -0.143. The number of nitriles is 1. The molecule has 0 amide bonds. The number of carbonyl (C=O) groups excluding carboxylic acids is 1. The molecule has 0 fully saturated rings. The van der Waals surface area contributed by atoms with Gasteiger partial charge in [0.25, 0.3) is 0 Å². The van der Waals surface area contributed by atoms with E-state index >= 15 is 0 Å². The molecule has 4 heteroatoms. The van der Waals surface area contributed by atoms with Gasteiger partial charge in [-0.25, -0.2) is 4.68 Å². The van der Waals surface area contributed by atoms with E-state index in [0.717, 1.165) is 5.69 Å². The zero-order valence-corrected chi connectivity index (χ0v) is 12.0. The SMILES string of the molecule is Cc1c(C#N)nn(-c2ccccc2)c1C(=O)c1ccccc1. The van der Waals surface area contributed by atoms with Gasteiger partial charge in [-0.15, -0.1) is 0 Å². The van der Waals surface area contributed by atoms with E-state index in [1.807, 2.05) is 54.6 Å². The summed E-state index contributed by atoms with van der Waals surface area (Å²) in [5.41, 5.74) is 2.62. The minimum atomic E-state index is -0.143. The van der Waals surface area contributed by atoms with E-state index in [2.05, 4.69) is 5.10 Å².